The standard InChI is InChI=1S/C18H13ClN2O3S/c19-11-3-1-10(2-4-11)17(22)18-13(20)8-16(25-18)21-12-5-6-14-15(7-12)24-9-23-14/h1-8,21H,9,20H2. The van der Waals surface area contributed by atoms with E-state index in [1.54, 1.807) is 30.3 Å². The lowest BCUT2D eigenvalue weighted by Gasteiger charge is -2.04. The van der Waals surface area contributed by atoms with E-state index in [1.807, 2.05) is 18.2 Å². The van der Waals surface area contributed by atoms with Crippen LogP contribution < -0.4 is 20.5 Å². The van der Waals surface area contributed by atoms with Gasteiger partial charge in [0.2, 0.25) is 12.6 Å². The molecule has 0 spiro atoms. The van der Waals surface area contributed by atoms with Crippen LogP contribution in [0.2, 0.25) is 5.02 Å². The molecule has 0 saturated heterocycles. The van der Waals surface area contributed by atoms with Crippen molar-refractivity contribution in [2.75, 3.05) is 17.8 Å². The Morgan fingerprint density at radius 2 is 1.84 bits per heavy atom. The van der Waals surface area contributed by atoms with Gasteiger partial charge in [-0.1, -0.05) is 11.6 Å². The van der Waals surface area contributed by atoms with E-state index in [0.29, 0.717) is 26.9 Å². The summed E-state index contributed by atoms with van der Waals surface area (Å²) in [5.74, 6) is 1.28. The largest absolute Gasteiger partial charge is 0.454 e. The number of carbonyl (C=O) groups is 1. The number of hydrogen-bond acceptors (Lipinski definition) is 6. The van der Waals surface area contributed by atoms with Crippen LogP contribution in [0.15, 0.2) is 48.5 Å². The van der Waals surface area contributed by atoms with Crippen LogP contribution in [0.25, 0.3) is 0 Å². The summed E-state index contributed by atoms with van der Waals surface area (Å²) in [7, 11) is 0. The second-order valence-corrected chi connectivity index (χ2v) is 6.91. The topological polar surface area (TPSA) is 73.6 Å². The SMILES string of the molecule is Nc1cc(Nc2ccc3c(c2)OCO3)sc1C(=O)c1ccc(Cl)cc1. The normalized spacial score (nSPS) is 12.2. The molecule has 1 aliphatic heterocycles. The van der Waals surface area contributed by atoms with E-state index in [4.69, 9.17) is 26.8 Å². The lowest BCUT2D eigenvalue weighted by atomic mass is 10.1. The first kappa shape index (κ1) is 15.8. The highest BCUT2D eigenvalue weighted by Gasteiger charge is 2.18. The van der Waals surface area contributed by atoms with Crippen molar-refractivity contribution in [3.63, 3.8) is 0 Å². The van der Waals surface area contributed by atoms with Gasteiger partial charge in [0.25, 0.3) is 0 Å². The van der Waals surface area contributed by atoms with Crippen molar-refractivity contribution >= 4 is 45.1 Å². The van der Waals surface area contributed by atoms with Crippen LogP contribution in [0.3, 0.4) is 0 Å². The summed E-state index contributed by atoms with van der Waals surface area (Å²) in [6.07, 6.45) is 0. The van der Waals surface area contributed by atoms with Crippen molar-refractivity contribution in [3.05, 3.63) is 64.0 Å². The second-order valence-electron chi connectivity index (χ2n) is 5.42. The van der Waals surface area contributed by atoms with E-state index >= 15 is 0 Å². The predicted molar refractivity (Wildman–Crippen MR) is 99.5 cm³/mol. The first-order valence-electron chi connectivity index (χ1n) is 7.46. The molecule has 7 heteroatoms. The quantitative estimate of drug-likeness (QED) is 0.650. The van der Waals surface area contributed by atoms with Crippen molar-refractivity contribution in [1.82, 2.24) is 0 Å². The monoisotopic (exact) mass is 372 g/mol. The molecule has 0 radical (unpaired) electrons. The van der Waals surface area contributed by atoms with Crippen LogP contribution in [0.4, 0.5) is 16.4 Å². The van der Waals surface area contributed by atoms with Crippen molar-refractivity contribution in [2.24, 2.45) is 0 Å². The molecule has 0 amide bonds. The van der Waals surface area contributed by atoms with Crippen molar-refractivity contribution in [1.29, 1.82) is 0 Å². The average Bonchev–Trinajstić information content (AvgIpc) is 3.21. The first-order valence-corrected chi connectivity index (χ1v) is 8.66. The van der Waals surface area contributed by atoms with Crippen molar-refractivity contribution < 1.29 is 14.3 Å². The molecule has 0 saturated carbocycles. The third-order valence-electron chi connectivity index (χ3n) is 3.71. The highest BCUT2D eigenvalue weighted by molar-refractivity contribution is 7.18. The fourth-order valence-electron chi connectivity index (χ4n) is 2.49. The number of ether oxygens (including phenoxy) is 2. The molecule has 1 aliphatic rings. The maximum Gasteiger partial charge on any atom is 0.231 e. The van der Waals surface area contributed by atoms with Gasteiger partial charge in [0.05, 0.1) is 10.7 Å². The zero-order valence-corrected chi connectivity index (χ0v) is 14.5. The number of halogens is 1. The first-order chi connectivity index (χ1) is 12.1. The lowest BCUT2D eigenvalue weighted by Crippen LogP contribution is -2.01. The number of fused-ring (bicyclic) bond motifs is 1. The van der Waals surface area contributed by atoms with Gasteiger partial charge in [-0.3, -0.25) is 4.79 Å². The minimum atomic E-state index is -0.127. The third-order valence-corrected chi connectivity index (χ3v) is 5.03. The number of nitrogen functional groups attached to an aromatic ring is 1. The second kappa shape index (κ2) is 6.31. The molecule has 0 unspecified atom stereocenters. The van der Waals surface area contributed by atoms with E-state index in [0.717, 1.165) is 16.4 Å². The Morgan fingerprint density at radius 1 is 1.08 bits per heavy atom. The highest BCUT2D eigenvalue weighted by Crippen LogP contribution is 2.37. The van der Waals surface area contributed by atoms with Gasteiger partial charge in [-0.25, -0.2) is 0 Å². The van der Waals surface area contributed by atoms with Gasteiger partial charge in [0, 0.05) is 22.3 Å². The van der Waals surface area contributed by atoms with Gasteiger partial charge < -0.3 is 20.5 Å². The Morgan fingerprint density at radius 3 is 2.64 bits per heavy atom. The molecular formula is C18H13ClN2O3S. The van der Waals surface area contributed by atoms with Gasteiger partial charge in [-0.2, -0.15) is 0 Å². The average molecular weight is 373 g/mol. The van der Waals surface area contributed by atoms with Gasteiger partial charge in [0.1, 0.15) is 4.88 Å². The molecule has 2 aromatic carbocycles. The number of nitrogens with two attached hydrogens (primary N) is 1. The van der Waals surface area contributed by atoms with E-state index < -0.39 is 0 Å². The summed E-state index contributed by atoms with van der Waals surface area (Å²) in [6.45, 7) is 0.227. The summed E-state index contributed by atoms with van der Waals surface area (Å²) in [4.78, 5) is 13.1. The molecule has 0 fully saturated rings. The number of hydrogen-bond donors (Lipinski definition) is 2. The van der Waals surface area contributed by atoms with Crippen molar-refractivity contribution in [2.45, 2.75) is 0 Å². The van der Waals surface area contributed by atoms with Gasteiger partial charge in [0.15, 0.2) is 11.5 Å². The number of rotatable bonds is 4. The highest BCUT2D eigenvalue weighted by atomic mass is 35.5. The molecule has 3 aromatic rings. The Balaban J connectivity index is 1.57. The van der Waals surface area contributed by atoms with Crippen LogP contribution in [0.1, 0.15) is 15.2 Å². The summed E-state index contributed by atoms with van der Waals surface area (Å²) in [5, 5.41) is 4.60. The van der Waals surface area contributed by atoms with E-state index in [9.17, 15) is 4.79 Å². The van der Waals surface area contributed by atoms with Crippen LogP contribution in [0, 0.1) is 0 Å². The minimum absolute atomic E-state index is 0.127. The molecule has 25 heavy (non-hydrogen) atoms. The lowest BCUT2D eigenvalue weighted by molar-refractivity contribution is 0.104. The Bertz CT molecular complexity index is 953. The number of thiophene rings is 1. The van der Waals surface area contributed by atoms with E-state index in [2.05, 4.69) is 5.32 Å². The number of anilines is 3. The van der Waals surface area contributed by atoms with Gasteiger partial charge >= 0.3 is 0 Å². The van der Waals surface area contributed by atoms with Crippen LogP contribution in [-0.2, 0) is 0 Å². The molecule has 4 rings (SSSR count). The molecule has 1 aromatic heterocycles. The number of carbonyl (C=O) groups excluding carboxylic acids is 1. The van der Waals surface area contributed by atoms with Crippen LogP contribution in [-0.4, -0.2) is 12.6 Å². The molecule has 0 bridgehead atoms. The number of ketones is 1. The Labute approximate surface area is 152 Å². The maximum absolute atomic E-state index is 12.6. The fourth-order valence-corrected chi connectivity index (χ4v) is 3.58. The Hall–Kier alpha value is -2.70. The molecule has 0 aliphatic carbocycles. The zero-order valence-electron chi connectivity index (χ0n) is 12.9. The van der Waals surface area contributed by atoms with Crippen LogP contribution in [0.5, 0.6) is 11.5 Å². The van der Waals surface area contributed by atoms with Gasteiger partial charge in [-0.15, -0.1) is 11.3 Å². The summed E-state index contributed by atoms with van der Waals surface area (Å²) >= 11 is 7.17. The van der Waals surface area contributed by atoms with E-state index in [1.165, 1.54) is 11.3 Å². The van der Waals surface area contributed by atoms with Crippen molar-refractivity contribution in [3.8, 4) is 11.5 Å². The molecule has 2 heterocycles. The smallest absolute Gasteiger partial charge is 0.231 e. The summed E-state index contributed by atoms with van der Waals surface area (Å²) in [6, 6.07) is 14.1. The fraction of sp³-hybridized carbons (Fsp3) is 0.0556. The van der Waals surface area contributed by atoms with E-state index in [-0.39, 0.29) is 12.6 Å². The molecule has 3 N–H and O–H groups in total. The maximum atomic E-state index is 12.6. The molecule has 5 nitrogen and oxygen atoms in total. The zero-order chi connectivity index (χ0) is 17.4. The summed E-state index contributed by atoms with van der Waals surface area (Å²) in [5.41, 5.74) is 7.85. The summed E-state index contributed by atoms with van der Waals surface area (Å²) < 4.78 is 10.7. The number of benzene rings is 2. The van der Waals surface area contributed by atoms with Gasteiger partial charge in [-0.05, 0) is 42.5 Å². The molecular weight excluding hydrogens is 360 g/mol. The van der Waals surface area contributed by atoms with Crippen LogP contribution >= 0.6 is 22.9 Å². The third kappa shape index (κ3) is 3.14. The predicted octanol–water partition coefficient (Wildman–Crippen LogP) is 4.69. The number of nitrogens with one attached hydrogen (secondary N) is 1. The molecule has 0 atom stereocenters. The molecule has 126 valence electrons. The minimum Gasteiger partial charge on any atom is -0.454 e. The Kier molecular flexibility index (Phi) is 3.99.